The highest BCUT2D eigenvalue weighted by molar-refractivity contribution is 14.0. The van der Waals surface area contributed by atoms with Gasteiger partial charge in [0.05, 0.1) is 25.9 Å². The lowest BCUT2D eigenvalue weighted by molar-refractivity contribution is 0.0177. The fraction of sp³-hybridized carbons (Fsp3) is 0.500. The molecule has 0 spiro atoms. The molecule has 166 valence electrons. The monoisotopic (exact) mass is 544 g/mol. The lowest BCUT2D eigenvalue weighted by atomic mass is 10.2. The Balaban J connectivity index is 0.00000320. The second-order valence-corrected chi connectivity index (χ2v) is 8.05. The molecule has 1 saturated heterocycles. The number of hydrogen-bond donors (Lipinski definition) is 2. The molecule has 0 radical (unpaired) electrons. The number of thiophene rings is 1. The van der Waals surface area contributed by atoms with Crippen molar-refractivity contribution in [3.05, 3.63) is 52.2 Å². The highest BCUT2D eigenvalue weighted by Crippen LogP contribution is 2.25. The molecule has 1 aliphatic heterocycles. The topological polar surface area (TPSA) is 58.1 Å². The van der Waals surface area contributed by atoms with Gasteiger partial charge in [-0.3, -0.25) is 9.89 Å². The van der Waals surface area contributed by atoms with Crippen molar-refractivity contribution in [2.24, 2.45) is 4.99 Å². The SMILES string of the molecule is CN=C(NCCCOc1ccc(C)cc1)NCC(c1cccs1)N1CCOCC1.I. The molecule has 30 heavy (non-hydrogen) atoms. The number of halogens is 1. The smallest absolute Gasteiger partial charge is 0.191 e. The third-order valence-corrected chi connectivity index (χ3v) is 5.92. The second-order valence-electron chi connectivity index (χ2n) is 7.07. The predicted octanol–water partition coefficient (Wildman–Crippen LogP) is 3.68. The van der Waals surface area contributed by atoms with E-state index in [4.69, 9.17) is 9.47 Å². The van der Waals surface area contributed by atoms with Gasteiger partial charge in [0.1, 0.15) is 5.75 Å². The van der Waals surface area contributed by atoms with Crippen molar-refractivity contribution in [1.29, 1.82) is 0 Å². The molecule has 0 amide bonds. The lowest BCUT2D eigenvalue weighted by Gasteiger charge is -2.34. The summed E-state index contributed by atoms with van der Waals surface area (Å²) in [5.41, 5.74) is 1.24. The van der Waals surface area contributed by atoms with Crippen LogP contribution in [-0.4, -0.2) is 63.9 Å². The van der Waals surface area contributed by atoms with E-state index >= 15 is 0 Å². The summed E-state index contributed by atoms with van der Waals surface area (Å²) >= 11 is 1.81. The Morgan fingerprint density at radius 1 is 1.20 bits per heavy atom. The molecule has 2 heterocycles. The standard InChI is InChI=1S/C22H32N4O2S.HI/c1-18-6-8-19(9-7-18)28-13-4-10-24-22(23-2)25-17-20(21-5-3-16-29-21)26-11-14-27-15-12-26;/h3,5-9,16,20H,4,10-15,17H2,1-2H3,(H2,23,24,25);1H. The van der Waals surface area contributed by atoms with Crippen LogP contribution in [0.1, 0.15) is 22.9 Å². The van der Waals surface area contributed by atoms with Crippen molar-refractivity contribution in [3.8, 4) is 5.75 Å². The van der Waals surface area contributed by atoms with Crippen molar-refractivity contribution < 1.29 is 9.47 Å². The van der Waals surface area contributed by atoms with Gasteiger partial charge < -0.3 is 20.1 Å². The molecule has 1 atom stereocenters. The van der Waals surface area contributed by atoms with Crippen LogP contribution in [0.15, 0.2) is 46.8 Å². The summed E-state index contributed by atoms with van der Waals surface area (Å²) in [5, 5.41) is 9.02. The van der Waals surface area contributed by atoms with Crippen LogP contribution in [0.4, 0.5) is 0 Å². The van der Waals surface area contributed by atoms with Gasteiger partial charge in [-0.15, -0.1) is 35.3 Å². The van der Waals surface area contributed by atoms with Crippen molar-refractivity contribution in [2.75, 3.05) is 53.0 Å². The first kappa shape index (κ1) is 24.9. The van der Waals surface area contributed by atoms with Crippen LogP contribution in [0.2, 0.25) is 0 Å². The van der Waals surface area contributed by atoms with Gasteiger partial charge in [-0.2, -0.15) is 0 Å². The Kier molecular flexibility index (Phi) is 11.5. The Labute approximate surface area is 201 Å². The predicted molar refractivity (Wildman–Crippen MR) is 136 cm³/mol. The van der Waals surface area contributed by atoms with Crippen molar-refractivity contribution in [3.63, 3.8) is 0 Å². The van der Waals surface area contributed by atoms with E-state index in [-0.39, 0.29) is 24.0 Å². The summed E-state index contributed by atoms with van der Waals surface area (Å²) in [6.07, 6.45) is 0.909. The number of nitrogens with zero attached hydrogens (tertiary/aromatic N) is 2. The zero-order valence-corrected chi connectivity index (χ0v) is 20.9. The maximum atomic E-state index is 5.79. The zero-order chi connectivity index (χ0) is 20.3. The summed E-state index contributed by atoms with van der Waals surface area (Å²) in [4.78, 5) is 8.23. The van der Waals surface area contributed by atoms with Crippen LogP contribution in [-0.2, 0) is 4.74 Å². The average Bonchev–Trinajstić information content (AvgIpc) is 3.29. The minimum Gasteiger partial charge on any atom is -0.494 e. The number of hydrogen-bond acceptors (Lipinski definition) is 5. The Bertz CT molecular complexity index is 734. The fourth-order valence-corrected chi connectivity index (χ4v) is 4.16. The number of benzene rings is 1. The van der Waals surface area contributed by atoms with Crippen LogP contribution >= 0.6 is 35.3 Å². The summed E-state index contributed by atoms with van der Waals surface area (Å²) in [5.74, 6) is 1.75. The molecule has 1 fully saturated rings. The van der Waals surface area contributed by atoms with Gasteiger partial charge in [-0.05, 0) is 36.9 Å². The van der Waals surface area contributed by atoms with Gasteiger partial charge in [0.2, 0.25) is 0 Å². The van der Waals surface area contributed by atoms with Gasteiger partial charge in [0.25, 0.3) is 0 Å². The minimum absolute atomic E-state index is 0. The lowest BCUT2D eigenvalue weighted by Crippen LogP contribution is -2.46. The van der Waals surface area contributed by atoms with E-state index in [2.05, 4.69) is 57.1 Å². The number of ether oxygens (including phenoxy) is 2. The molecule has 1 aliphatic rings. The molecule has 3 rings (SSSR count). The van der Waals surface area contributed by atoms with E-state index in [1.54, 1.807) is 0 Å². The van der Waals surface area contributed by atoms with E-state index in [1.165, 1.54) is 10.4 Å². The molecule has 2 N–H and O–H groups in total. The van der Waals surface area contributed by atoms with E-state index in [0.717, 1.165) is 57.5 Å². The van der Waals surface area contributed by atoms with Crippen LogP contribution in [0.3, 0.4) is 0 Å². The maximum absolute atomic E-state index is 5.79. The zero-order valence-electron chi connectivity index (χ0n) is 17.8. The molecule has 0 bridgehead atoms. The average molecular weight is 545 g/mol. The minimum atomic E-state index is 0. The second kappa shape index (κ2) is 13.8. The van der Waals surface area contributed by atoms with E-state index in [0.29, 0.717) is 12.6 Å². The summed E-state index contributed by atoms with van der Waals surface area (Å²) in [6, 6.07) is 12.8. The van der Waals surface area contributed by atoms with Gasteiger partial charge in [-0.25, -0.2) is 0 Å². The number of guanidine groups is 1. The molecule has 8 heteroatoms. The molecule has 0 aliphatic carbocycles. The summed E-state index contributed by atoms with van der Waals surface area (Å²) < 4.78 is 11.3. The Hall–Kier alpha value is -1.36. The third-order valence-electron chi connectivity index (χ3n) is 4.95. The van der Waals surface area contributed by atoms with E-state index in [9.17, 15) is 0 Å². The first-order valence-corrected chi connectivity index (χ1v) is 11.1. The van der Waals surface area contributed by atoms with Gasteiger partial charge >= 0.3 is 0 Å². The van der Waals surface area contributed by atoms with E-state index < -0.39 is 0 Å². The number of aryl methyl sites for hydroxylation is 1. The number of nitrogens with one attached hydrogen (secondary N) is 2. The highest BCUT2D eigenvalue weighted by Gasteiger charge is 2.23. The van der Waals surface area contributed by atoms with Crippen molar-refractivity contribution in [1.82, 2.24) is 15.5 Å². The van der Waals surface area contributed by atoms with E-state index in [1.807, 2.05) is 30.5 Å². The third kappa shape index (κ3) is 8.05. The normalized spacial score (nSPS) is 15.9. The van der Waals surface area contributed by atoms with Gasteiger partial charge in [-0.1, -0.05) is 23.8 Å². The first-order chi connectivity index (χ1) is 14.3. The Morgan fingerprint density at radius 3 is 2.63 bits per heavy atom. The van der Waals surface area contributed by atoms with Crippen LogP contribution < -0.4 is 15.4 Å². The maximum Gasteiger partial charge on any atom is 0.191 e. The summed E-state index contributed by atoms with van der Waals surface area (Å²) in [7, 11) is 1.81. The largest absolute Gasteiger partial charge is 0.494 e. The fourth-order valence-electron chi connectivity index (χ4n) is 3.30. The van der Waals surface area contributed by atoms with Crippen LogP contribution in [0, 0.1) is 6.92 Å². The van der Waals surface area contributed by atoms with Gasteiger partial charge in [0, 0.05) is 38.1 Å². The molecule has 1 unspecified atom stereocenters. The van der Waals surface area contributed by atoms with Crippen LogP contribution in [0.5, 0.6) is 5.75 Å². The molecule has 1 aromatic heterocycles. The molecule has 6 nitrogen and oxygen atoms in total. The molecule has 2 aromatic rings. The first-order valence-electron chi connectivity index (χ1n) is 10.3. The van der Waals surface area contributed by atoms with Crippen LogP contribution in [0.25, 0.3) is 0 Å². The quantitative estimate of drug-likeness (QED) is 0.218. The molecular weight excluding hydrogens is 511 g/mol. The van der Waals surface area contributed by atoms with Crippen molar-refractivity contribution in [2.45, 2.75) is 19.4 Å². The molecule has 0 saturated carbocycles. The number of rotatable bonds is 9. The van der Waals surface area contributed by atoms with Gasteiger partial charge in [0.15, 0.2) is 5.96 Å². The number of morpholine rings is 1. The van der Waals surface area contributed by atoms with Crippen molar-refractivity contribution >= 4 is 41.3 Å². The Morgan fingerprint density at radius 2 is 1.97 bits per heavy atom. The molecular formula is C22H33IN4O2S. The number of aliphatic imine (C=N–C) groups is 1. The summed E-state index contributed by atoms with van der Waals surface area (Å²) in [6.45, 7) is 7.92. The highest BCUT2D eigenvalue weighted by atomic mass is 127. The molecule has 1 aromatic carbocycles.